The third kappa shape index (κ3) is 9.98. The average molecular weight is 301 g/mol. The van der Waals surface area contributed by atoms with Crippen molar-refractivity contribution in [3.05, 3.63) is 0 Å². The van der Waals surface area contributed by atoms with Crippen LogP contribution in [0, 0.1) is 23.7 Å². The highest BCUT2D eigenvalue weighted by Crippen LogP contribution is 2.33. The van der Waals surface area contributed by atoms with Crippen molar-refractivity contribution in [2.75, 3.05) is 6.61 Å². The van der Waals surface area contributed by atoms with Gasteiger partial charge >= 0.3 is 0 Å². The van der Waals surface area contributed by atoms with Gasteiger partial charge in [-0.15, -0.1) is 0 Å². The molecule has 0 aliphatic carbocycles. The van der Waals surface area contributed by atoms with Crippen molar-refractivity contribution in [2.24, 2.45) is 23.7 Å². The Labute approximate surface area is 130 Å². The molecule has 122 valence electrons. The number of hydrogen-bond donors (Lipinski definition) is 0. The van der Waals surface area contributed by atoms with Crippen LogP contribution in [-0.4, -0.2) is 14.9 Å². The van der Waals surface area contributed by atoms with Crippen molar-refractivity contribution in [1.82, 2.24) is 0 Å². The van der Waals surface area contributed by atoms with Gasteiger partial charge in [-0.1, -0.05) is 55.4 Å². The molecule has 0 aliphatic rings. The summed E-state index contributed by atoms with van der Waals surface area (Å²) < 4.78 is 6.65. The van der Waals surface area contributed by atoms with E-state index in [0.717, 1.165) is 30.3 Å². The van der Waals surface area contributed by atoms with Crippen LogP contribution < -0.4 is 0 Å². The van der Waals surface area contributed by atoms with Crippen molar-refractivity contribution < 1.29 is 4.43 Å². The Kier molecular flexibility index (Phi) is 10.1. The molecule has 0 heterocycles. The summed E-state index contributed by atoms with van der Waals surface area (Å²) in [4.78, 5) is 0. The Bertz CT molecular complexity index is 207. The van der Waals surface area contributed by atoms with Crippen molar-refractivity contribution in [1.29, 1.82) is 0 Å². The first-order chi connectivity index (χ1) is 9.17. The maximum atomic E-state index is 6.65. The van der Waals surface area contributed by atoms with Crippen molar-refractivity contribution in [2.45, 2.75) is 86.4 Å². The first-order valence-electron chi connectivity index (χ1n) is 8.81. The van der Waals surface area contributed by atoms with Gasteiger partial charge in [0.25, 0.3) is 0 Å². The topological polar surface area (TPSA) is 9.23 Å². The lowest BCUT2D eigenvalue weighted by Crippen LogP contribution is -2.42. The summed E-state index contributed by atoms with van der Waals surface area (Å²) in [7, 11) is -1.56. The number of hydrogen-bond acceptors (Lipinski definition) is 1. The molecule has 0 bridgehead atoms. The van der Waals surface area contributed by atoms with Gasteiger partial charge in [0.1, 0.15) is 0 Å². The average Bonchev–Trinajstić information content (AvgIpc) is 2.20. The van der Waals surface area contributed by atoms with E-state index in [4.69, 9.17) is 4.43 Å². The molecule has 0 rings (SSSR count). The summed E-state index contributed by atoms with van der Waals surface area (Å²) in [5.41, 5.74) is 0. The Morgan fingerprint density at radius 2 is 1.05 bits per heavy atom. The molecule has 0 aromatic heterocycles. The third-order valence-corrected chi connectivity index (χ3v) is 9.17. The lowest BCUT2D eigenvalue weighted by atomic mass is 10.1. The number of rotatable bonds is 11. The molecule has 20 heavy (non-hydrogen) atoms. The largest absolute Gasteiger partial charge is 0.417 e. The van der Waals surface area contributed by atoms with Gasteiger partial charge in [-0.25, -0.2) is 0 Å². The summed E-state index contributed by atoms with van der Waals surface area (Å²) >= 11 is 0. The molecule has 0 radical (unpaired) electrons. The maximum Gasteiger partial charge on any atom is 0.193 e. The first kappa shape index (κ1) is 20.2. The van der Waals surface area contributed by atoms with Crippen LogP contribution in [0.4, 0.5) is 0 Å². The van der Waals surface area contributed by atoms with Gasteiger partial charge in [0.15, 0.2) is 8.32 Å². The molecule has 0 saturated carbocycles. The molecule has 0 spiro atoms. The second-order valence-corrected chi connectivity index (χ2v) is 12.2. The lowest BCUT2D eigenvalue weighted by Gasteiger charge is -2.36. The zero-order chi connectivity index (χ0) is 15.8. The van der Waals surface area contributed by atoms with E-state index < -0.39 is 8.32 Å². The standard InChI is InChI=1S/C18H40OSi/c1-15(2)10-9-11-19-20(12-16(3)4,13-17(5)6)14-18(7)8/h15-18H,9-14H2,1-8H3. The van der Waals surface area contributed by atoms with Crippen LogP contribution in [0.1, 0.15) is 68.2 Å². The summed E-state index contributed by atoms with van der Waals surface area (Å²) in [6, 6.07) is 4.01. The monoisotopic (exact) mass is 300 g/mol. The van der Waals surface area contributed by atoms with E-state index in [1.54, 1.807) is 0 Å². The van der Waals surface area contributed by atoms with Gasteiger partial charge in [-0.05, 0) is 54.6 Å². The molecule has 0 amide bonds. The van der Waals surface area contributed by atoms with Crippen LogP contribution in [0.5, 0.6) is 0 Å². The quantitative estimate of drug-likeness (QED) is 0.319. The predicted octanol–water partition coefficient (Wildman–Crippen LogP) is 6.35. The third-order valence-electron chi connectivity index (χ3n) is 3.67. The van der Waals surface area contributed by atoms with Gasteiger partial charge in [0, 0.05) is 6.61 Å². The summed E-state index contributed by atoms with van der Waals surface area (Å²) in [5, 5.41) is 0. The molecule has 0 N–H and O–H groups in total. The second-order valence-electron chi connectivity index (χ2n) is 8.36. The minimum atomic E-state index is -1.56. The highest BCUT2D eigenvalue weighted by molar-refractivity contribution is 6.74. The normalized spacial score (nSPS) is 13.2. The van der Waals surface area contributed by atoms with E-state index in [1.807, 2.05) is 0 Å². The van der Waals surface area contributed by atoms with Crippen LogP contribution in [0.15, 0.2) is 0 Å². The summed E-state index contributed by atoms with van der Waals surface area (Å²) in [6.45, 7) is 19.8. The minimum Gasteiger partial charge on any atom is -0.417 e. The molecule has 0 aromatic carbocycles. The van der Waals surface area contributed by atoms with Gasteiger partial charge in [-0.2, -0.15) is 0 Å². The molecule has 0 saturated heterocycles. The Morgan fingerprint density at radius 1 is 0.650 bits per heavy atom. The van der Waals surface area contributed by atoms with Gasteiger partial charge in [0.05, 0.1) is 0 Å². The molecule has 0 aromatic rings. The van der Waals surface area contributed by atoms with Crippen molar-refractivity contribution in [3.63, 3.8) is 0 Å². The Balaban J connectivity index is 4.68. The minimum absolute atomic E-state index is 0.768. The van der Waals surface area contributed by atoms with Crippen LogP contribution in [0.2, 0.25) is 18.1 Å². The molecular formula is C18H40OSi. The highest BCUT2D eigenvalue weighted by atomic mass is 28.4. The summed E-state index contributed by atoms with van der Waals surface area (Å²) in [5.74, 6) is 3.10. The molecule has 1 nitrogen and oxygen atoms in total. The fraction of sp³-hybridized carbons (Fsp3) is 1.00. The second kappa shape index (κ2) is 10.00. The van der Waals surface area contributed by atoms with Crippen LogP contribution in [0.3, 0.4) is 0 Å². The zero-order valence-electron chi connectivity index (χ0n) is 15.5. The molecule has 0 fully saturated rings. The van der Waals surface area contributed by atoms with Crippen molar-refractivity contribution in [3.8, 4) is 0 Å². The van der Waals surface area contributed by atoms with E-state index in [9.17, 15) is 0 Å². The maximum absolute atomic E-state index is 6.65. The van der Waals surface area contributed by atoms with E-state index >= 15 is 0 Å². The van der Waals surface area contributed by atoms with Gasteiger partial charge in [-0.3, -0.25) is 0 Å². The molecule has 0 unspecified atom stereocenters. The highest BCUT2D eigenvalue weighted by Gasteiger charge is 2.36. The fourth-order valence-corrected chi connectivity index (χ4v) is 9.33. The van der Waals surface area contributed by atoms with E-state index in [2.05, 4.69) is 55.4 Å². The van der Waals surface area contributed by atoms with E-state index in [1.165, 1.54) is 31.0 Å². The van der Waals surface area contributed by atoms with Crippen LogP contribution in [0.25, 0.3) is 0 Å². The van der Waals surface area contributed by atoms with Gasteiger partial charge < -0.3 is 4.43 Å². The van der Waals surface area contributed by atoms with Crippen LogP contribution in [-0.2, 0) is 4.43 Å². The summed E-state index contributed by atoms with van der Waals surface area (Å²) in [6.07, 6.45) is 2.54. The van der Waals surface area contributed by atoms with Gasteiger partial charge in [0.2, 0.25) is 0 Å². The van der Waals surface area contributed by atoms with E-state index in [-0.39, 0.29) is 0 Å². The predicted molar refractivity (Wildman–Crippen MR) is 94.7 cm³/mol. The fourth-order valence-electron chi connectivity index (χ4n) is 3.44. The molecular weight excluding hydrogens is 260 g/mol. The molecule has 2 heteroatoms. The zero-order valence-corrected chi connectivity index (χ0v) is 16.5. The smallest absolute Gasteiger partial charge is 0.193 e. The SMILES string of the molecule is CC(C)CCCO[Si](CC(C)C)(CC(C)C)CC(C)C. The first-order valence-corrected chi connectivity index (χ1v) is 11.3. The van der Waals surface area contributed by atoms with E-state index in [0.29, 0.717) is 0 Å². The Morgan fingerprint density at radius 3 is 1.35 bits per heavy atom. The molecule has 0 atom stereocenters. The Hall–Kier alpha value is 0.177. The van der Waals surface area contributed by atoms with Crippen molar-refractivity contribution >= 4 is 8.32 Å². The lowest BCUT2D eigenvalue weighted by molar-refractivity contribution is 0.268. The molecule has 0 aliphatic heterocycles. The van der Waals surface area contributed by atoms with Crippen LogP contribution >= 0.6 is 0 Å².